The molecule has 0 radical (unpaired) electrons. The van der Waals surface area contributed by atoms with Crippen molar-refractivity contribution < 1.29 is 43.0 Å². The molecule has 2 fully saturated rings. The summed E-state index contributed by atoms with van der Waals surface area (Å²) in [7, 11) is 1.60. The first-order valence-electron chi connectivity index (χ1n) is 23.0. The molecule has 358 valence electrons. The monoisotopic (exact) mass is 927 g/mol. The molecule has 4 aromatic carbocycles. The fraction of sp³-hybridized carbons (Fsp3) is 0.385. The average Bonchev–Trinajstić information content (AvgIpc) is 4.07. The lowest BCUT2D eigenvalue weighted by Gasteiger charge is -2.29. The van der Waals surface area contributed by atoms with Gasteiger partial charge in [-0.05, 0) is 133 Å². The van der Waals surface area contributed by atoms with Crippen LogP contribution in [0.15, 0.2) is 97.1 Å². The number of urea groups is 1. The van der Waals surface area contributed by atoms with Crippen LogP contribution in [0.25, 0.3) is 33.3 Å². The molecule has 16 heteroatoms. The number of Topliss-reactive ketones (excluding diaryl/α,β-unsaturated/α-hetero) is 1. The second kappa shape index (κ2) is 20.2. The number of likely N-dealkylation sites (tertiary alicyclic amines) is 2. The first kappa shape index (κ1) is 48.6. The molecular weight excluding hydrogens is 867 g/mol. The molecule has 0 spiro atoms. The van der Waals surface area contributed by atoms with Gasteiger partial charge in [0.1, 0.15) is 35.1 Å². The molecule has 6 amide bonds. The number of H-pyrrole nitrogens is 1. The maximum absolute atomic E-state index is 14.3. The Morgan fingerprint density at radius 3 is 1.90 bits per heavy atom. The zero-order valence-electron chi connectivity index (χ0n) is 39.9. The minimum absolute atomic E-state index is 0.317. The van der Waals surface area contributed by atoms with Gasteiger partial charge in [0, 0.05) is 40.9 Å². The highest BCUT2D eigenvalue weighted by molar-refractivity contribution is 6.07. The van der Waals surface area contributed by atoms with E-state index >= 15 is 0 Å². The Hall–Kier alpha value is -7.36. The molecule has 7 rings (SSSR count). The van der Waals surface area contributed by atoms with Gasteiger partial charge >= 0.3 is 18.2 Å². The molecule has 2 aliphatic rings. The molecule has 5 N–H and O–H groups in total. The molecule has 4 atom stereocenters. The van der Waals surface area contributed by atoms with Crippen LogP contribution in [0.1, 0.15) is 85.8 Å². The zero-order valence-corrected chi connectivity index (χ0v) is 39.9. The first-order valence-corrected chi connectivity index (χ1v) is 23.0. The number of aromatic amines is 1. The highest BCUT2D eigenvalue weighted by Crippen LogP contribution is 2.40. The third-order valence-corrected chi connectivity index (χ3v) is 11.7. The van der Waals surface area contributed by atoms with Crippen molar-refractivity contribution in [2.75, 3.05) is 30.8 Å². The van der Waals surface area contributed by atoms with Gasteiger partial charge in [-0.25, -0.2) is 14.4 Å². The Labute approximate surface area is 396 Å². The van der Waals surface area contributed by atoms with Gasteiger partial charge in [-0.1, -0.05) is 54.6 Å². The van der Waals surface area contributed by atoms with Crippen molar-refractivity contribution in [2.24, 2.45) is 0 Å². The molecule has 0 saturated carbocycles. The molecule has 2 aliphatic heterocycles. The number of rotatable bonds is 12. The summed E-state index contributed by atoms with van der Waals surface area (Å²) in [5, 5.41) is 12.2. The minimum atomic E-state index is -1.03. The van der Waals surface area contributed by atoms with Crippen molar-refractivity contribution >= 4 is 58.1 Å². The van der Waals surface area contributed by atoms with Gasteiger partial charge in [0.15, 0.2) is 5.78 Å². The van der Waals surface area contributed by atoms with Crippen LogP contribution in [0.2, 0.25) is 0 Å². The highest BCUT2D eigenvalue weighted by atomic mass is 16.6. The number of carbonyl (C=O) groups is 6. The Morgan fingerprint density at radius 2 is 1.26 bits per heavy atom. The number of methoxy groups -OCH3 is 1. The van der Waals surface area contributed by atoms with Crippen LogP contribution in [0.4, 0.5) is 25.8 Å². The Balaban J connectivity index is 1.10. The van der Waals surface area contributed by atoms with Crippen LogP contribution in [0, 0.1) is 0 Å². The number of carbonyl (C=O) groups excluding carboxylic acids is 6. The van der Waals surface area contributed by atoms with Gasteiger partial charge < -0.3 is 50.3 Å². The van der Waals surface area contributed by atoms with Crippen molar-refractivity contribution in [3.8, 4) is 28.1 Å². The van der Waals surface area contributed by atoms with Gasteiger partial charge in [-0.3, -0.25) is 14.4 Å². The van der Waals surface area contributed by atoms with E-state index < -0.39 is 53.6 Å². The maximum Gasteiger partial charge on any atom is 0.408 e. The number of amides is 6. The predicted octanol–water partition coefficient (Wildman–Crippen LogP) is 9.18. The molecule has 3 heterocycles. The summed E-state index contributed by atoms with van der Waals surface area (Å²) in [6, 6.07) is 25.7. The van der Waals surface area contributed by atoms with Gasteiger partial charge in [0.25, 0.3) is 0 Å². The molecule has 5 aromatic rings. The van der Waals surface area contributed by atoms with E-state index in [1.54, 1.807) is 98.0 Å². The predicted molar refractivity (Wildman–Crippen MR) is 260 cm³/mol. The summed E-state index contributed by atoms with van der Waals surface area (Å²) >= 11 is 0. The number of benzene rings is 4. The van der Waals surface area contributed by atoms with Crippen LogP contribution >= 0.6 is 0 Å². The fourth-order valence-corrected chi connectivity index (χ4v) is 8.67. The average molecular weight is 928 g/mol. The van der Waals surface area contributed by atoms with E-state index in [9.17, 15) is 28.8 Å². The smallest absolute Gasteiger partial charge is 0.408 e. The Morgan fingerprint density at radius 1 is 0.676 bits per heavy atom. The van der Waals surface area contributed by atoms with E-state index in [-0.39, 0.29) is 17.6 Å². The summed E-state index contributed by atoms with van der Waals surface area (Å²) in [4.78, 5) is 87.3. The van der Waals surface area contributed by atoms with Gasteiger partial charge in [-0.2, -0.15) is 0 Å². The van der Waals surface area contributed by atoms with E-state index in [0.29, 0.717) is 61.5 Å². The molecular formula is C52H61N7O9. The number of hydrogen-bond acceptors (Lipinski definition) is 9. The largest absolute Gasteiger partial charge is 0.497 e. The normalized spacial score (nSPS) is 16.9. The number of hydrogen-bond donors (Lipinski definition) is 5. The molecule has 1 aromatic heterocycles. The van der Waals surface area contributed by atoms with E-state index in [1.807, 2.05) is 54.6 Å². The molecule has 16 nitrogen and oxygen atoms in total. The number of aromatic nitrogens is 1. The lowest BCUT2D eigenvalue weighted by Crippen LogP contribution is -2.52. The van der Waals surface area contributed by atoms with E-state index in [2.05, 4.69) is 26.3 Å². The summed E-state index contributed by atoms with van der Waals surface area (Å²) in [6.45, 7) is 12.8. The molecule has 0 aliphatic carbocycles. The van der Waals surface area contributed by atoms with E-state index in [1.165, 1.54) is 9.80 Å². The number of nitrogens with zero attached hydrogens (tertiary/aromatic N) is 2. The zero-order chi connectivity index (χ0) is 48.9. The van der Waals surface area contributed by atoms with Gasteiger partial charge in [0.05, 0.1) is 18.8 Å². The maximum atomic E-state index is 14.3. The summed E-state index contributed by atoms with van der Waals surface area (Å²) in [5.41, 5.74) is 4.29. The van der Waals surface area contributed by atoms with Crippen LogP contribution in [-0.2, 0) is 23.9 Å². The second-order valence-electron chi connectivity index (χ2n) is 19.2. The number of fused-ring (bicyclic) bond motifs is 1. The Bertz CT molecular complexity index is 2650. The fourth-order valence-electron chi connectivity index (χ4n) is 8.67. The standard InChI is InChI=1S/C52H61N7O9/c1-31(53-49(64)67-51(2,3)4)47(62)58-28-13-17-41(58)46(61)54-35-22-18-34(19-23-35)43-42(32-20-25-37(66-8)26-21-32)38-30-36(24-27-39(38)56-43)55-48(63)59-29-12-16-40(59)45(60)44(33-14-10-9-11-15-33)57-50(65)68-52(5,6)7/h9-11,14-15,18-27,30-31,40-41,44,56H,12-13,16-17,28-29H2,1-8H3,(H,53,64)(H,54,61)(H,55,63)(H,57,65)/t31-,40?,41+,44-/m1/s1. The van der Waals surface area contributed by atoms with Crippen molar-refractivity contribution in [2.45, 2.75) is 110 Å². The van der Waals surface area contributed by atoms with E-state index in [0.717, 1.165) is 33.3 Å². The first-order chi connectivity index (χ1) is 32.3. The third-order valence-electron chi connectivity index (χ3n) is 11.7. The van der Waals surface area contributed by atoms with Crippen LogP contribution in [0.3, 0.4) is 0 Å². The highest BCUT2D eigenvalue weighted by Gasteiger charge is 2.40. The van der Waals surface area contributed by atoms with Crippen molar-refractivity contribution in [3.05, 3.63) is 103 Å². The number of anilines is 2. The van der Waals surface area contributed by atoms with Crippen LogP contribution in [-0.4, -0.2) is 100 Å². The molecule has 1 unspecified atom stereocenters. The quantitative estimate of drug-likeness (QED) is 0.0809. The summed E-state index contributed by atoms with van der Waals surface area (Å²) < 4.78 is 16.3. The molecule has 2 saturated heterocycles. The Kier molecular flexibility index (Phi) is 14.5. The third kappa shape index (κ3) is 11.6. The molecule has 0 bridgehead atoms. The van der Waals surface area contributed by atoms with Crippen molar-refractivity contribution in [1.29, 1.82) is 0 Å². The number of nitrogens with one attached hydrogen (secondary N) is 5. The van der Waals surface area contributed by atoms with Gasteiger partial charge in [0.2, 0.25) is 11.8 Å². The number of alkyl carbamates (subject to hydrolysis) is 2. The number of ketones is 1. The van der Waals surface area contributed by atoms with Crippen molar-refractivity contribution in [1.82, 2.24) is 25.4 Å². The topological polar surface area (TPSA) is 200 Å². The molecule has 68 heavy (non-hydrogen) atoms. The van der Waals surface area contributed by atoms with Gasteiger partial charge in [-0.15, -0.1) is 0 Å². The SMILES string of the molecule is COc1ccc(-c2c(-c3ccc(NC(=O)[C@@H]4CCCN4C(=O)[C@@H](C)NC(=O)OC(C)(C)C)cc3)[nH]c3ccc(NC(=O)N4CCCC4C(=O)[C@H](NC(=O)OC(C)(C)C)c4ccccc4)cc23)cc1. The van der Waals surface area contributed by atoms with E-state index in [4.69, 9.17) is 14.2 Å². The summed E-state index contributed by atoms with van der Waals surface area (Å²) in [5.74, 6) is -0.327. The summed E-state index contributed by atoms with van der Waals surface area (Å²) in [6.07, 6.45) is 0.729. The minimum Gasteiger partial charge on any atom is -0.497 e. The lowest BCUT2D eigenvalue weighted by molar-refractivity contribution is -0.138. The number of ether oxygens (including phenoxy) is 3. The van der Waals surface area contributed by atoms with Crippen molar-refractivity contribution in [3.63, 3.8) is 0 Å². The lowest BCUT2D eigenvalue weighted by atomic mass is 9.96. The van der Waals surface area contributed by atoms with Crippen LogP contribution < -0.4 is 26.0 Å². The second-order valence-corrected chi connectivity index (χ2v) is 19.2. The van der Waals surface area contributed by atoms with Crippen LogP contribution in [0.5, 0.6) is 5.75 Å².